The number of nitrogens with two attached hydrogens (primary N) is 1. The third-order valence-electron chi connectivity index (χ3n) is 4.82. The van der Waals surface area contributed by atoms with E-state index in [0.29, 0.717) is 16.3 Å². The normalized spacial score (nSPS) is 13.8. The zero-order chi connectivity index (χ0) is 19.0. The summed E-state index contributed by atoms with van der Waals surface area (Å²) < 4.78 is 0. The van der Waals surface area contributed by atoms with Crippen molar-refractivity contribution in [3.8, 4) is 0 Å². The molecular formula is C20H19N3O3S. The Morgan fingerprint density at radius 3 is 2.78 bits per heavy atom. The second-order valence-electron chi connectivity index (χ2n) is 6.69. The maximum absolute atomic E-state index is 12.7. The number of carboxylic acids is 1. The lowest BCUT2D eigenvalue weighted by atomic mass is 10.1. The summed E-state index contributed by atoms with van der Waals surface area (Å²) in [6, 6.07) is 8.21. The lowest BCUT2D eigenvalue weighted by molar-refractivity contribution is 0.0696. The molecule has 4 rings (SSSR count). The van der Waals surface area contributed by atoms with Crippen LogP contribution in [0.15, 0.2) is 30.3 Å². The lowest BCUT2D eigenvalue weighted by Crippen LogP contribution is -2.12. The molecule has 1 aliphatic carbocycles. The van der Waals surface area contributed by atoms with Crippen molar-refractivity contribution in [3.63, 3.8) is 0 Å². The number of anilines is 2. The van der Waals surface area contributed by atoms with Crippen LogP contribution in [0.3, 0.4) is 0 Å². The SMILES string of the molecule is Nc1c(C(=O)Nc2cccc(C(=O)O)c2)sc2nc3c(cc12)CCCCC3. The Kier molecular flexibility index (Phi) is 4.53. The van der Waals surface area contributed by atoms with Crippen LogP contribution in [0.4, 0.5) is 11.4 Å². The highest BCUT2D eigenvalue weighted by atomic mass is 32.1. The predicted molar refractivity (Wildman–Crippen MR) is 107 cm³/mol. The number of hydrogen-bond donors (Lipinski definition) is 3. The van der Waals surface area contributed by atoms with E-state index in [1.807, 2.05) is 0 Å². The van der Waals surface area contributed by atoms with Crippen LogP contribution < -0.4 is 11.1 Å². The number of rotatable bonds is 3. The minimum absolute atomic E-state index is 0.113. The average molecular weight is 381 g/mol. The second kappa shape index (κ2) is 7.00. The maximum Gasteiger partial charge on any atom is 0.335 e. The summed E-state index contributed by atoms with van der Waals surface area (Å²) in [6.45, 7) is 0. The molecule has 0 bridgehead atoms. The Hall–Kier alpha value is -2.93. The molecule has 0 spiro atoms. The molecule has 6 nitrogen and oxygen atoms in total. The number of aryl methyl sites for hydroxylation is 2. The van der Waals surface area contributed by atoms with Crippen LogP contribution in [-0.4, -0.2) is 22.0 Å². The van der Waals surface area contributed by atoms with Crippen LogP contribution in [0, 0.1) is 0 Å². The summed E-state index contributed by atoms with van der Waals surface area (Å²) in [4.78, 5) is 29.7. The Balaban J connectivity index is 1.67. The number of hydrogen-bond acceptors (Lipinski definition) is 5. The fraction of sp³-hybridized carbons (Fsp3) is 0.250. The first-order valence-corrected chi connectivity index (χ1v) is 9.70. The van der Waals surface area contributed by atoms with Gasteiger partial charge in [-0.15, -0.1) is 11.3 Å². The molecule has 27 heavy (non-hydrogen) atoms. The molecule has 138 valence electrons. The third-order valence-corrected chi connectivity index (χ3v) is 5.94. The van der Waals surface area contributed by atoms with Crippen LogP contribution in [0.2, 0.25) is 0 Å². The Labute approximate surface area is 160 Å². The number of fused-ring (bicyclic) bond motifs is 2. The van der Waals surface area contributed by atoms with Gasteiger partial charge in [-0.2, -0.15) is 0 Å². The fourth-order valence-electron chi connectivity index (χ4n) is 3.42. The molecule has 0 radical (unpaired) electrons. The van der Waals surface area contributed by atoms with E-state index in [1.54, 1.807) is 12.1 Å². The van der Waals surface area contributed by atoms with Crippen molar-refractivity contribution in [3.05, 3.63) is 52.0 Å². The van der Waals surface area contributed by atoms with E-state index in [1.165, 1.54) is 35.5 Å². The molecule has 4 N–H and O–H groups in total. The summed E-state index contributed by atoms with van der Waals surface area (Å²) in [5.41, 5.74) is 9.56. The largest absolute Gasteiger partial charge is 0.478 e. The first-order chi connectivity index (χ1) is 13.0. The van der Waals surface area contributed by atoms with Crippen LogP contribution in [0.25, 0.3) is 10.2 Å². The molecule has 0 aliphatic heterocycles. The average Bonchev–Trinajstić information content (AvgIpc) is 2.82. The number of carbonyl (C=O) groups excluding carboxylic acids is 1. The zero-order valence-electron chi connectivity index (χ0n) is 14.6. The summed E-state index contributed by atoms with van der Waals surface area (Å²) in [5.74, 6) is -1.40. The summed E-state index contributed by atoms with van der Waals surface area (Å²) >= 11 is 1.28. The Morgan fingerprint density at radius 1 is 1.15 bits per heavy atom. The first-order valence-electron chi connectivity index (χ1n) is 8.88. The Morgan fingerprint density at radius 2 is 1.96 bits per heavy atom. The van der Waals surface area contributed by atoms with Crippen molar-refractivity contribution in [2.24, 2.45) is 0 Å². The maximum atomic E-state index is 12.7. The van der Waals surface area contributed by atoms with E-state index in [9.17, 15) is 9.59 Å². The number of benzene rings is 1. The molecule has 1 aliphatic rings. The summed E-state index contributed by atoms with van der Waals surface area (Å²) in [6.07, 6.45) is 5.46. The standard InChI is InChI=1S/C20H19N3O3S/c21-16-14-10-11-5-2-1-3-8-15(11)23-19(14)27-17(16)18(24)22-13-7-4-6-12(9-13)20(25)26/h4,6-7,9-10H,1-3,5,8,21H2,(H,22,24)(H,25,26). The number of nitrogens with one attached hydrogen (secondary N) is 1. The van der Waals surface area contributed by atoms with E-state index in [-0.39, 0.29) is 11.5 Å². The molecule has 0 unspecified atom stereocenters. The number of nitrogens with zero attached hydrogens (tertiary/aromatic N) is 1. The topological polar surface area (TPSA) is 105 Å². The van der Waals surface area contributed by atoms with Crippen LogP contribution >= 0.6 is 11.3 Å². The van der Waals surface area contributed by atoms with Gasteiger partial charge in [-0.05, 0) is 55.5 Å². The molecular weight excluding hydrogens is 362 g/mol. The second-order valence-corrected chi connectivity index (χ2v) is 7.69. The molecule has 2 aromatic heterocycles. The number of pyridine rings is 1. The van der Waals surface area contributed by atoms with Gasteiger partial charge in [-0.1, -0.05) is 12.5 Å². The van der Waals surface area contributed by atoms with E-state index < -0.39 is 5.97 Å². The van der Waals surface area contributed by atoms with E-state index in [4.69, 9.17) is 15.8 Å². The molecule has 7 heteroatoms. The van der Waals surface area contributed by atoms with Crippen LogP contribution in [0.1, 0.15) is 50.5 Å². The van der Waals surface area contributed by atoms with Gasteiger partial charge in [0.05, 0.1) is 11.3 Å². The predicted octanol–water partition coefficient (Wildman–Crippen LogP) is 4.10. The summed E-state index contributed by atoms with van der Waals surface area (Å²) in [5, 5.41) is 12.6. The molecule has 3 aromatic rings. The van der Waals surface area contributed by atoms with Gasteiger partial charge in [0.25, 0.3) is 5.91 Å². The van der Waals surface area contributed by atoms with Crippen molar-refractivity contribution in [1.29, 1.82) is 0 Å². The number of amides is 1. The highest BCUT2D eigenvalue weighted by Gasteiger charge is 2.20. The molecule has 0 saturated carbocycles. The fourth-order valence-corrected chi connectivity index (χ4v) is 4.41. The lowest BCUT2D eigenvalue weighted by Gasteiger charge is -2.05. The van der Waals surface area contributed by atoms with Gasteiger partial charge in [0.1, 0.15) is 9.71 Å². The molecule has 2 heterocycles. The van der Waals surface area contributed by atoms with E-state index >= 15 is 0 Å². The number of thiophene rings is 1. The third kappa shape index (κ3) is 3.38. The number of carboxylic acid groups (broad SMARTS) is 1. The molecule has 0 fully saturated rings. The Bertz CT molecular complexity index is 1060. The van der Waals surface area contributed by atoms with Crippen molar-refractivity contribution >= 4 is 44.8 Å². The van der Waals surface area contributed by atoms with Gasteiger partial charge in [0, 0.05) is 16.8 Å². The first kappa shape index (κ1) is 17.5. The number of aromatic carboxylic acids is 1. The van der Waals surface area contributed by atoms with Crippen LogP contribution in [-0.2, 0) is 12.8 Å². The van der Waals surface area contributed by atoms with Crippen LogP contribution in [0.5, 0.6) is 0 Å². The minimum atomic E-state index is -1.04. The van der Waals surface area contributed by atoms with Gasteiger partial charge in [0.15, 0.2) is 0 Å². The smallest absolute Gasteiger partial charge is 0.335 e. The van der Waals surface area contributed by atoms with Gasteiger partial charge in [-0.3, -0.25) is 4.79 Å². The molecule has 0 saturated heterocycles. The molecule has 1 aromatic carbocycles. The number of aromatic nitrogens is 1. The minimum Gasteiger partial charge on any atom is -0.478 e. The van der Waals surface area contributed by atoms with Gasteiger partial charge < -0.3 is 16.2 Å². The van der Waals surface area contributed by atoms with Gasteiger partial charge in [-0.25, -0.2) is 9.78 Å². The van der Waals surface area contributed by atoms with Gasteiger partial charge in [0.2, 0.25) is 0 Å². The van der Waals surface area contributed by atoms with Crippen molar-refractivity contribution < 1.29 is 14.7 Å². The van der Waals surface area contributed by atoms with E-state index in [0.717, 1.165) is 41.6 Å². The highest BCUT2D eigenvalue weighted by Crippen LogP contribution is 2.35. The number of nitrogen functional groups attached to an aromatic ring is 1. The monoisotopic (exact) mass is 381 g/mol. The summed E-state index contributed by atoms with van der Waals surface area (Å²) in [7, 11) is 0. The molecule has 1 amide bonds. The van der Waals surface area contributed by atoms with Gasteiger partial charge >= 0.3 is 5.97 Å². The van der Waals surface area contributed by atoms with E-state index in [2.05, 4.69) is 11.4 Å². The zero-order valence-corrected chi connectivity index (χ0v) is 15.4. The number of carbonyl (C=O) groups is 2. The quantitative estimate of drug-likeness (QED) is 0.593. The molecule has 0 atom stereocenters. The van der Waals surface area contributed by atoms with Crippen molar-refractivity contribution in [2.45, 2.75) is 32.1 Å². The highest BCUT2D eigenvalue weighted by molar-refractivity contribution is 7.21. The van der Waals surface area contributed by atoms with Crippen molar-refractivity contribution in [1.82, 2.24) is 4.98 Å². The van der Waals surface area contributed by atoms with Crippen molar-refractivity contribution in [2.75, 3.05) is 11.1 Å².